The van der Waals surface area contributed by atoms with Gasteiger partial charge in [0.1, 0.15) is 10.3 Å². The molecule has 0 saturated carbocycles. The Labute approximate surface area is 131 Å². The third-order valence-corrected chi connectivity index (χ3v) is 4.16. The van der Waals surface area contributed by atoms with Crippen LogP contribution in [-0.2, 0) is 5.41 Å². The van der Waals surface area contributed by atoms with Crippen molar-refractivity contribution in [2.45, 2.75) is 33.1 Å². The van der Waals surface area contributed by atoms with Gasteiger partial charge in [0.2, 0.25) is 0 Å². The standard InChI is InChI=1S/C15H16BrClN2O/c1-8-5-6-9(7-10(8)17)13-18-12(15(2,3)4)11(16)14(20)19-13/h5-7H,1-4H3,(H,18,19,20). The maximum absolute atomic E-state index is 12.1. The molecule has 0 fully saturated rings. The largest absolute Gasteiger partial charge is 0.306 e. The van der Waals surface area contributed by atoms with Crippen LogP contribution in [0.4, 0.5) is 0 Å². The van der Waals surface area contributed by atoms with Crippen LogP contribution in [0.15, 0.2) is 27.5 Å². The second kappa shape index (κ2) is 5.34. The summed E-state index contributed by atoms with van der Waals surface area (Å²) >= 11 is 9.45. The number of benzene rings is 1. The van der Waals surface area contributed by atoms with E-state index in [1.54, 1.807) is 0 Å². The van der Waals surface area contributed by atoms with Crippen LogP contribution in [0.5, 0.6) is 0 Å². The Morgan fingerprint density at radius 1 is 1.30 bits per heavy atom. The van der Waals surface area contributed by atoms with Crippen LogP contribution in [-0.4, -0.2) is 9.97 Å². The maximum atomic E-state index is 12.1. The van der Waals surface area contributed by atoms with Gasteiger partial charge in [-0.05, 0) is 34.5 Å². The number of halogens is 2. The Morgan fingerprint density at radius 2 is 1.95 bits per heavy atom. The molecule has 0 radical (unpaired) electrons. The van der Waals surface area contributed by atoms with Gasteiger partial charge in [-0.15, -0.1) is 0 Å². The average Bonchev–Trinajstić information content (AvgIpc) is 2.34. The van der Waals surface area contributed by atoms with E-state index < -0.39 is 0 Å². The molecule has 106 valence electrons. The van der Waals surface area contributed by atoms with Gasteiger partial charge < -0.3 is 4.98 Å². The van der Waals surface area contributed by atoms with Gasteiger partial charge in [0.05, 0.1) is 5.69 Å². The number of hydrogen-bond donors (Lipinski definition) is 1. The predicted octanol–water partition coefficient (Wildman–Crippen LogP) is 4.46. The highest BCUT2D eigenvalue weighted by Gasteiger charge is 2.22. The van der Waals surface area contributed by atoms with E-state index in [0.29, 0.717) is 15.3 Å². The molecule has 1 N–H and O–H groups in total. The second-order valence-corrected chi connectivity index (χ2v) is 6.99. The molecule has 1 aromatic carbocycles. The first-order valence-electron chi connectivity index (χ1n) is 6.27. The Balaban J connectivity index is 2.67. The van der Waals surface area contributed by atoms with Crippen molar-refractivity contribution in [2.75, 3.05) is 0 Å². The normalized spacial score (nSPS) is 11.7. The minimum atomic E-state index is -0.226. The lowest BCUT2D eigenvalue weighted by molar-refractivity contribution is 0.562. The molecule has 0 aliphatic rings. The summed E-state index contributed by atoms with van der Waals surface area (Å²) in [7, 11) is 0. The van der Waals surface area contributed by atoms with Crippen molar-refractivity contribution in [3.05, 3.63) is 49.3 Å². The van der Waals surface area contributed by atoms with Gasteiger partial charge in [-0.3, -0.25) is 4.79 Å². The number of aromatic amines is 1. The molecule has 0 aliphatic heterocycles. The summed E-state index contributed by atoms with van der Waals surface area (Å²) in [5.74, 6) is 0.532. The van der Waals surface area contributed by atoms with Crippen molar-refractivity contribution in [3.63, 3.8) is 0 Å². The van der Waals surface area contributed by atoms with Gasteiger partial charge in [0.15, 0.2) is 0 Å². The maximum Gasteiger partial charge on any atom is 0.265 e. The Hall–Kier alpha value is -1.13. The molecule has 2 rings (SSSR count). The molecule has 0 spiro atoms. The average molecular weight is 356 g/mol. The van der Waals surface area contributed by atoms with Crippen LogP contribution in [0.1, 0.15) is 32.0 Å². The summed E-state index contributed by atoms with van der Waals surface area (Å²) in [6.45, 7) is 7.99. The number of hydrogen-bond acceptors (Lipinski definition) is 2. The van der Waals surface area contributed by atoms with Gasteiger partial charge in [0.25, 0.3) is 5.56 Å². The van der Waals surface area contributed by atoms with Crippen LogP contribution in [0.25, 0.3) is 11.4 Å². The quantitative estimate of drug-likeness (QED) is 0.821. The van der Waals surface area contributed by atoms with Crippen LogP contribution in [0.2, 0.25) is 5.02 Å². The third kappa shape index (κ3) is 2.96. The molecule has 2 aromatic rings. The number of rotatable bonds is 1. The van der Waals surface area contributed by atoms with Crippen LogP contribution in [0.3, 0.4) is 0 Å². The Bertz CT molecular complexity index is 717. The second-order valence-electron chi connectivity index (χ2n) is 5.79. The van der Waals surface area contributed by atoms with Crippen molar-refractivity contribution >= 4 is 27.5 Å². The lowest BCUT2D eigenvalue weighted by atomic mass is 9.92. The molecule has 0 atom stereocenters. The first-order valence-corrected chi connectivity index (χ1v) is 7.44. The highest BCUT2D eigenvalue weighted by molar-refractivity contribution is 9.10. The van der Waals surface area contributed by atoms with Gasteiger partial charge in [0, 0.05) is 16.0 Å². The SMILES string of the molecule is Cc1ccc(-c2nc(C(C)(C)C)c(Br)c(=O)[nH]2)cc1Cl. The van der Waals surface area contributed by atoms with Crippen LogP contribution < -0.4 is 5.56 Å². The third-order valence-electron chi connectivity index (χ3n) is 3.02. The molecule has 20 heavy (non-hydrogen) atoms. The highest BCUT2D eigenvalue weighted by atomic mass is 79.9. The first-order chi connectivity index (χ1) is 9.20. The summed E-state index contributed by atoms with van der Waals surface area (Å²) in [6.07, 6.45) is 0. The summed E-state index contributed by atoms with van der Waals surface area (Å²) in [5, 5.41) is 0.658. The van der Waals surface area contributed by atoms with Gasteiger partial charge in [-0.2, -0.15) is 0 Å². The molecule has 1 heterocycles. The Kier molecular flexibility index (Phi) is 4.07. The number of nitrogens with one attached hydrogen (secondary N) is 1. The molecule has 5 heteroatoms. The Morgan fingerprint density at radius 3 is 2.50 bits per heavy atom. The number of aryl methyl sites for hydroxylation is 1. The van der Waals surface area contributed by atoms with Crippen LogP contribution >= 0.6 is 27.5 Å². The highest BCUT2D eigenvalue weighted by Crippen LogP contribution is 2.28. The topological polar surface area (TPSA) is 45.8 Å². The van der Waals surface area contributed by atoms with Crippen molar-refractivity contribution < 1.29 is 0 Å². The van der Waals surface area contributed by atoms with Gasteiger partial charge >= 0.3 is 0 Å². The van der Waals surface area contributed by atoms with E-state index >= 15 is 0 Å². The smallest absolute Gasteiger partial charge is 0.265 e. The number of nitrogens with zero attached hydrogens (tertiary/aromatic N) is 1. The molecule has 1 aromatic heterocycles. The molecular formula is C15H16BrClN2O. The van der Waals surface area contributed by atoms with E-state index in [2.05, 4.69) is 25.9 Å². The van der Waals surface area contributed by atoms with E-state index in [0.717, 1.165) is 16.8 Å². The monoisotopic (exact) mass is 354 g/mol. The summed E-state index contributed by atoms with van der Waals surface area (Å²) in [4.78, 5) is 19.4. The molecular weight excluding hydrogens is 340 g/mol. The van der Waals surface area contributed by atoms with Crippen molar-refractivity contribution in [1.29, 1.82) is 0 Å². The van der Waals surface area contributed by atoms with Crippen molar-refractivity contribution in [1.82, 2.24) is 9.97 Å². The van der Waals surface area contributed by atoms with Gasteiger partial charge in [-0.25, -0.2) is 4.98 Å². The van der Waals surface area contributed by atoms with E-state index in [-0.39, 0.29) is 11.0 Å². The van der Waals surface area contributed by atoms with E-state index in [9.17, 15) is 4.79 Å². The zero-order valence-corrected chi connectivity index (χ0v) is 14.2. The fourth-order valence-electron chi connectivity index (χ4n) is 1.83. The first kappa shape index (κ1) is 15.3. The lowest BCUT2D eigenvalue weighted by Gasteiger charge is -2.19. The number of aromatic nitrogens is 2. The molecule has 0 unspecified atom stereocenters. The van der Waals surface area contributed by atoms with Crippen LogP contribution in [0, 0.1) is 6.92 Å². The molecule has 0 amide bonds. The van der Waals surface area contributed by atoms with Crippen molar-refractivity contribution in [3.8, 4) is 11.4 Å². The molecule has 0 aliphatic carbocycles. The van der Waals surface area contributed by atoms with Crippen molar-refractivity contribution in [2.24, 2.45) is 0 Å². The summed E-state index contributed by atoms with van der Waals surface area (Å²) < 4.78 is 0.479. The summed E-state index contributed by atoms with van der Waals surface area (Å²) in [6, 6.07) is 5.63. The zero-order chi connectivity index (χ0) is 15.1. The summed E-state index contributed by atoms with van der Waals surface area (Å²) in [5.41, 5.74) is 2.11. The van der Waals surface area contributed by atoms with Gasteiger partial charge in [-0.1, -0.05) is 44.5 Å². The minimum Gasteiger partial charge on any atom is -0.306 e. The van der Waals surface area contributed by atoms with E-state index in [4.69, 9.17) is 11.6 Å². The number of H-pyrrole nitrogens is 1. The molecule has 0 bridgehead atoms. The fraction of sp³-hybridized carbons (Fsp3) is 0.333. The van der Waals surface area contributed by atoms with E-state index in [1.165, 1.54) is 0 Å². The fourth-order valence-corrected chi connectivity index (χ4v) is 2.80. The molecule has 3 nitrogen and oxygen atoms in total. The zero-order valence-electron chi connectivity index (χ0n) is 11.8. The molecule has 0 saturated heterocycles. The predicted molar refractivity (Wildman–Crippen MR) is 86.4 cm³/mol. The minimum absolute atomic E-state index is 0.184. The van der Waals surface area contributed by atoms with E-state index in [1.807, 2.05) is 45.9 Å². The lowest BCUT2D eigenvalue weighted by Crippen LogP contribution is -2.22.